The SMILES string of the molecule is C[C@]12CC[C@@H]3c4ccc(C(=O)O)cc4CC[C@H]3[C@@H]1CC[C@@H]2C(=O)c1cccc2ccccc12. The second-order valence-corrected chi connectivity index (χ2v) is 10.7. The van der Waals surface area contributed by atoms with E-state index >= 15 is 0 Å². The van der Waals surface area contributed by atoms with Crippen molar-refractivity contribution in [3.05, 3.63) is 82.9 Å². The number of rotatable bonds is 3. The molecule has 0 heterocycles. The number of aromatic carboxylic acids is 1. The molecule has 0 bridgehead atoms. The Balaban J connectivity index is 1.31. The molecule has 1 N–H and O–H groups in total. The number of Topliss-reactive ketones (excluding diaryl/α,β-unsaturated/α-hetero) is 1. The molecule has 3 nitrogen and oxygen atoms in total. The standard InChI is InChI=1S/C30H30O3/c1-30-16-15-23-22-11-10-20(29(32)33)17-19(22)9-12-24(23)26(30)13-14-27(30)28(31)25-8-4-6-18-5-2-3-7-21(18)25/h2-8,10-11,17,23-24,26-27H,9,12-16H2,1H3,(H,32,33)/t23-,24-,26+,27-,30+/m1/s1. The first-order valence-electron chi connectivity index (χ1n) is 12.4. The van der Waals surface area contributed by atoms with Crippen LogP contribution in [0.25, 0.3) is 10.8 Å². The number of carbonyl (C=O) groups excluding carboxylic acids is 1. The van der Waals surface area contributed by atoms with Crippen molar-refractivity contribution in [3.63, 3.8) is 0 Å². The van der Waals surface area contributed by atoms with Gasteiger partial charge in [-0.25, -0.2) is 4.79 Å². The summed E-state index contributed by atoms with van der Waals surface area (Å²) >= 11 is 0. The van der Waals surface area contributed by atoms with Crippen molar-refractivity contribution < 1.29 is 14.7 Å². The average Bonchev–Trinajstić information content (AvgIpc) is 3.20. The highest BCUT2D eigenvalue weighted by Gasteiger charge is 2.56. The van der Waals surface area contributed by atoms with Gasteiger partial charge in [0.15, 0.2) is 5.78 Å². The predicted octanol–water partition coefficient (Wildman–Crippen LogP) is 6.89. The molecule has 3 aromatic carbocycles. The number of hydrogen-bond donors (Lipinski definition) is 1. The number of carboxylic acid groups (broad SMARTS) is 1. The summed E-state index contributed by atoms with van der Waals surface area (Å²) in [5.41, 5.74) is 3.92. The van der Waals surface area contributed by atoms with Crippen LogP contribution in [-0.2, 0) is 6.42 Å². The number of carbonyl (C=O) groups is 2. The lowest BCUT2D eigenvalue weighted by Crippen LogP contribution is -2.44. The molecule has 0 spiro atoms. The highest BCUT2D eigenvalue weighted by molar-refractivity contribution is 6.09. The number of hydrogen-bond acceptors (Lipinski definition) is 2. The van der Waals surface area contributed by atoms with Crippen molar-refractivity contribution in [2.75, 3.05) is 0 Å². The maximum atomic E-state index is 13.9. The van der Waals surface area contributed by atoms with E-state index in [-0.39, 0.29) is 11.3 Å². The summed E-state index contributed by atoms with van der Waals surface area (Å²) in [5, 5.41) is 11.6. The van der Waals surface area contributed by atoms with Crippen LogP contribution in [-0.4, -0.2) is 16.9 Å². The zero-order chi connectivity index (χ0) is 22.7. The highest BCUT2D eigenvalue weighted by atomic mass is 16.4. The second kappa shape index (κ2) is 7.55. The van der Waals surface area contributed by atoms with Crippen molar-refractivity contribution in [2.24, 2.45) is 23.2 Å². The first-order chi connectivity index (χ1) is 16.0. The van der Waals surface area contributed by atoms with Gasteiger partial charge in [-0.2, -0.15) is 0 Å². The molecule has 0 amide bonds. The number of carboxylic acids is 1. The van der Waals surface area contributed by atoms with E-state index < -0.39 is 5.97 Å². The average molecular weight is 439 g/mol. The molecule has 3 heteroatoms. The third kappa shape index (κ3) is 3.08. The Hall–Kier alpha value is -2.94. The monoisotopic (exact) mass is 438 g/mol. The molecule has 2 saturated carbocycles. The van der Waals surface area contributed by atoms with E-state index in [0.29, 0.717) is 29.1 Å². The summed E-state index contributed by atoms with van der Waals surface area (Å²) < 4.78 is 0. The molecule has 2 fully saturated rings. The maximum Gasteiger partial charge on any atom is 0.335 e. The molecule has 0 aliphatic heterocycles. The summed E-state index contributed by atoms with van der Waals surface area (Å²) in [7, 11) is 0. The van der Waals surface area contributed by atoms with E-state index in [4.69, 9.17) is 0 Å². The second-order valence-electron chi connectivity index (χ2n) is 10.7. The third-order valence-corrected chi connectivity index (χ3v) is 9.35. The molecule has 3 aliphatic carbocycles. The van der Waals surface area contributed by atoms with Crippen molar-refractivity contribution in [2.45, 2.75) is 51.4 Å². The molecule has 3 aromatic rings. The van der Waals surface area contributed by atoms with E-state index in [1.54, 1.807) is 6.07 Å². The molecular weight excluding hydrogens is 408 g/mol. The molecule has 5 atom stereocenters. The smallest absolute Gasteiger partial charge is 0.335 e. The van der Waals surface area contributed by atoms with Gasteiger partial charge in [0.05, 0.1) is 5.56 Å². The predicted molar refractivity (Wildman–Crippen MR) is 130 cm³/mol. The van der Waals surface area contributed by atoms with E-state index in [1.165, 1.54) is 11.1 Å². The van der Waals surface area contributed by atoms with Crippen molar-refractivity contribution in [1.29, 1.82) is 0 Å². The van der Waals surface area contributed by atoms with Crippen LogP contribution >= 0.6 is 0 Å². The molecule has 0 saturated heterocycles. The van der Waals surface area contributed by atoms with Crippen LogP contribution < -0.4 is 0 Å². The van der Waals surface area contributed by atoms with Crippen LogP contribution in [0.3, 0.4) is 0 Å². The van der Waals surface area contributed by atoms with E-state index in [1.807, 2.05) is 30.3 Å². The normalized spacial score (nSPS) is 30.3. The van der Waals surface area contributed by atoms with Crippen LogP contribution in [0.2, 0.25) is 0 Å². The molecule has 6 rings (SSSR count). The van der Waals surface area contributed by atoms with Crippen LogP contribution in [0.4, 0.5) is 0 Å². The fourth-order valence-corrected chi connectivity index (χ4v) is 7.77. The van der Waals surface area contributed by atoms with Gasteiger partial charge in [-0.15, -0.1) is 0 Å². The molecule has 3 aliphatic rings. The van der Waals surface area contributed by atoms with Gasteiger partial charge in [0.1, 0.15) is 0 Å². The summed E-state index contributed by atoms with van der Waals surface area (Å²) in [4.78, 5) is 25.4. The number of ketones is 1. The van der Waals surface area contributed by atoms with Crippen LogP contribution in [0.15, 0.2) is 60.7 Å². The van der Waals surface area contributed by atoms with Gasteiger partial charge in [-0.05, 0) is 95.7 Å². The number of aryl methyl sites for hydroxylation is 1. The Labute approximate surface area is 194 Å². The Morgan fingerprint density at radius 2 is 1.76 bits per heavy atom. The summed E-state index contributed by atoms with van der Waals surface area (Å²) in [6.07, 6.45) is 6.33. The lowest BCUT2D eigenvalue weighted by atomic mass is 9.53. The zero-order valence-corrected chi connectivity index (χ0v) is 19.1. The van der Waals surface area contributed by atoms with Gasteiger partial charge in [0.25, 0.3) is 0 Å². The summed E-state index contributed by atoms with van der Waals surface area (Å²) in [6, 6.07) is 20.1. The minimum absolute atomic E-state index is 0.0493. The number of fused-ring (bicyclic) bond motifs is 6. The fraction of sp³-hybridized carbons (Fsp3) is 0.400. The Morgan fingerprint density at radius 3 is 2.61 bits per heavy atom. The highest BCUT2D eigenvalue weighted by Crippen LogP contribution is 2.63. The lowest BCUT2D eigenvalue weighted by Gasteiger charge is -2.50. The Kier molecular flexibility index (Phi) is 4.72. The third-order valence-electron chi connectivity index (χ3n) is 9.35. The van der Waals surface area contributed by atoms with Crippen LogP contribution in [0, 0.1) is 23.2 Å². The van der Waals surface area contributed by atoms with E-state index in [2.05, 4.69) is 31.2 Å². The molecule has 0 unspecified atom stereocenters. The Bertz CT molecular complexity index is 1270. The molecule has 33 heavy (non-hydrogen) atoms. The van der Waals surface area contributed by atoms with Crippen molar-refractivity contribution in [1.82, 2.24) is 0 Å². The van der Waals surface area contributed by atoms with Gasteiger partial charge < -0.3 is 5.11 Å². The van der Waals surface area contributed by atoms with Crippen LogP contribution in [0.5, 0.6) is 0 Å². The quantitative estimate of drug-likeness (QED) is 0.453. The minimum Gasteiger partial charge on any atom is -0.478 e. The first kappa shape index (κ1) is 20.7. The topological polar surface area (TPSA) is 54.4 Å². The summed E-state index contributed by atoms with van der Waals surface area (Å²) in [5.74, 6) is 1.23. The summed E-state index contributed by atoms with van der Waals surface area (Å²) in [6.45, 7) is 2.39. The van der Waals surface area contributed by atoms with E-state index in [0.717, 1.165) is 54.9 Å². The van der Waals surface area contributed by atoms with Gasteiger partial charge in [-0.1, -0.05) is 55.5 Å². The van der Waals surface area contributed by atoms with E-state index in [9.17, 15) is 14.7 Å². The lowest BCUT2D eigenvalue weighted by molar-refractivity contribution is 0.0277. The van der Waals surface area contributed by atoms with Gasteiger partial charge in [0.2, 0.25) is 0 Å². The van der Waals surface area contributed by atoms with Crippen LogP contribution in [0.1, 0.15) is 76.8 Å². The van der Waals surface area contributed by atoms with Crippen molar-refractivity contribution in [3.8, 4) is 0 Å². The Morgan fingerprint density at radius 1 is 0.939 bits per heavy atom. The maximum absolute atomic E-state index is 13.9. The molecule has 0 aromatic heterocycles. The van der Waals surface area contributed by atoms with Crippen molar-refractivity contribution >= 4 is 22.5 Å². The first-order valence-corrected chi connectivity index (χ1v) is 12.4. The number of benzene rings is 3. The van der Waals surface area contributed by atoms with Gasteiger partial charge in [-0.3, -0.25) is 4.79 Å². The largest absolute Gasteiger partial charge is 0.478 e. The zero-order valence-electron chi connectivity index (χ0n) is 19.1. The fourth-order valence-electron chi connectivity index (χ4n) is 7.77. The van der Waals surface area contributed by atoms with Gasteiger partial charge >= 0.3 is 5.97 Å². The molecule has 168 valence electrons. The molecular formula is C30H30O3. The minimum atomic E-state index is -0.846. The van der Waals surface area contributed by atoms with Gasteiger partial charge in [0, 0.05) is 11.5 Å². The molecule has 0 radical (unpaired) electrons.